The van der Waals surface area contributed by atoms with Crippen molar-refractivity contribution < 1.29 is 0 Å². The standard InChI is InChI=1S/C11H14N2/c1-12-7-3-5-10(12)9-11-6-4-8-13(11)2/h3-8H,9H2,1-2H3. The first-order valence-electron chi connectivity index (χ1n) is 4.48. The average molecular weight is 174 g/mol. The quantitative estimate of drug-likeness (QED) is 0.658. The van der Waals surface area contributed by atoms with Gasteiger partial charge in [0.1, 0.15) is 0 Å². The predicted octanol–water partition coefficient (Wildman–Crippen LogP) is 1.95. The molecule has 0 saturated carbocycles. The molecule has 68 valence electrons. The number of aromatic nitrogens is 2. The van der Waals surface area contributed by atoms with Crippen molar-refractivity contribution >= 4 is 0 Å². The molecule has 0 spiro atoms. The molecule has 13 heavy (non-hydrogen) atoms. The van der Waals surface area contributed by atoms with E-state index >= 15 is 0 Å². The first kappa shape index (κ1) is 8.17. The Balaban J connectivity index is 2.24. The molecule has 2 nitrogen and oxygen atoms in total. The van der Waals surface area contributed by atoms with Gasteiger partial charge in [-0.05, 0) is 24.3 Å². The molecule has 0 saturated heterocycles. The summed E-state index contributed by atoms with van der Waals surface area (Å²) in [5, 5.41) is 0. The number of aryl methyl sites for hydroxylation is 2. The van der Waals surface area contributed by atoms with Gasteiger partial charge in [0.25, 0.3) is 0 Å². The number of rotatable bonds is 2. The fraction of sp³-hybridized carbons (Fsp3) is 0.273. The maximum atomic E-state index is 2.16. The zero-order valence-electron chi connectivity index (χ0n) is 8.07. The van der Waals surface area contributed by atoms with Crippen molar-refractivity contribution in [2.75, 3.05) is 0 Å². The normalized spacial score (nSPS) is 10.6. The number of hydrogen-bond donors (Lipinski definition) is 0. The van der Waals surface area contributed by atoms with Crippen molar-refractivity contribution in [3.63, 3.8) is 0 Å². The van der Waals surface area contributed by atoms with Crippen molar-refractivity contribution in [1.29, 1.82) is 0 Å². The molecule has 0 aliphatic heterocycles. The molecule has 0 fully saturated rings. The Morgan fingerprint density at radius 2 is 1.38 bits per heavy atom. The van der Waals surface area contributed by atoms with Crippen LogP contribution in [0.2, 0.25) is 0 Å². The zero-order valence-corrected chi connectivity index (χ0v) is 8.07. The Kier molecular flexibility index (Phi) is 1.97. The minimum Gasteiger partial charge on any atom is -0.354 e. The third-order valence-electron chi connectivity index (χ3n) is 2.46. The molecule has 0 aliphatic carbocycles. The van der Waals surface area contributed by atoms with Crippen LogP contribution in [0.4, 0.5) is 0 Å². The van der Waals surface area contributed by atoms with E-state index < -0.39 is 0 Å². The largest absolute Gasteiger partial charge is 0.354 e. The van der Waals surface area contributed by atoms with E-state index in [-0.39, 0.29) is 0 Å². The lowest BCUT2D eigenvalue weighted by molar-refractivity contribution is 0.796. The molecule has 0 aliphatic rings. The molecular weight excluding hydrogens is 160 g/mol. The first-order chi connectivity index (χ1) is 6.27. The van der Waals surface area contributed by atoms with E-state index in [0.717, 1.165) is 6.42 Å². The molecule has 2 aromatic rings. The molecule has 2 aromatic heterocycles. The van der Waals surface area contributed by atoms with Gasteiger partial charge in [-0.25, -0.2) is 0 Å². The molecule has 2 heterocycles. The molecule has 0 N–H and O–H groups in total. The highest BCUT2D eigenvalue weighted by Crippen LogP contribution is 2.09. The lowest BCUT2D eigenvalue weighted by Crippen LogP contribution is -2.00. The second kappa shape index (κ2) is 3.13. The Morgan fingerprint density at radius 3 is 1.69 bits per heavy atom. The van der Waals surface area contributed by atoms with E-state index in [4.69, 9.17) is 0 Å². The molecule has 0 atom stereocenters. The van der Waals surface area contributed by atoms with E-state index in [1.165, 1.54) is 11.4 Å². The highest BCUT2D eigenvalue weighted by molar-refractivity contribution is 5.17. The summed E-state index contributed by atoms with van der Waals surface area (Å²) < 4.78 is 4.32. The van der Waals surface area contributed by atoms with E-state index in [9.17, 15) is 0 Å². The lowest BCUT2D eigenvalue weighted by Gasteiger charge is -2.04. The second-order valence-electron chi connectivity index (χ2n) is 3.40. The minimum absolute atomic E-state index is 1.01. The number of hydrogen-bond acceptors (Lipinski definition) is 0. The summed E-state index contributed by atoms with van der Waals surface area (Å²) in [6, 6.07) is 8.48. The Hall–Kier alpha value is -1.44. The number of nitrogens with zero attached hydrogens (tertiary/aromatic N) is 2. The van der Waals surface area contributed by atoms with Gasteiger partial charge in [0.2, 0.25) is 0 Å². The van der Waals surface area contributed by atoms with Gasteiger partial charge in [0.15, 0.2) is 0 Å². The van der Waals surface area contributed by atoms with E-state index in [2.05, 4.69) is 59.9 Å². The molecule has 2 heteroatoms. The smallest absolute Gasteiger partial charge is 0.0282 e. The first-order valence-corrected chi connectivity index (χ1v) is 4.48. The van der Waals surface area contributed by atoms with Gasteiger partial charge < -0.3 is 9.13 Å². The Bertz CT molecular complexity index is 357. The van der Waals surface area contributed by atoms with Crippen LogP contribution in [0.1, 0.15) is 11.4 Å². The van der Waals surface area contributed by atoms with Crippen molar-refractivity contribution in [3.05, 3.63) is 48.0 Å². The van der Waals surface area contributed by atoms with Crippen LogP contribution in [0.15, 0.2) is 36.7 Å². The van der Waals surface area contributed by atoms with Crippen LogP contribution in [0.25, 0.3) is 0 Å². The third-order valence-corrected chi connectivity index (χ3v) is 2.46. The van der Waals surface area contributed by atoms with Gasteiger partial charge in [-0.1, -0.05) is 0 Å². The van der Waals surface area contributed by atoms with Gasteiger partial charge >= 0.3 is 0 Å². The summed E-state index contributed by atoms with van der Waals surface area (Å²) in [6.45, 7) is 0. The molecule has 0 radical (unpaired) electrons. The van der Waals surface area contributed by atoms with Crippen molar-refractivity contribution in [2.45, 2.75) is 6.42 Å². The third kappa shape index (κ3) is 1.52. The molecule has 0 aromatic carbocycles. The average Bonchev–Trinajstić information content (AvgIpc) is 2.65. The van der Waals surface area contributed by atoms with E-state index in [1.54, 1.807) is 0 Å². The highest BCUT2D eigenvalue weighted by atomic mass is 15.0. The zero-order chi connectivity index (χ0) is 9.26. The molecule has 0 unspecified atom stereocenters. The molecule has 2 rings (SSSR count). The van der Waals surface area contributed by atoms with Gasteiger partial charge in [0, 0.05) is 44.3 Å². The van der Waals surface area contributed by atoms with Gasteiger partial charge in [-0.3, -0.25) is 0 Å². The summed E-state index contributed by atoms with van der Waals surface area (Å²) in [5.74, 6) is 0. The Morgan fingerprint density at radius 1 is 0.923 bits per heavy atom. The molecule has 0 bridgehead atoms. The van der Waals surface area contributed by atoms with Crippen LogP contribution in [-0.4, -0.2) is 9.13 Å². The fourth-order valence-corrected chi connectivity index (χ4v) is 1.55. The fourth-order valence-electron chi connectivity index (χ4n) is 1.55. The van der Waals surface area contributed by atoms with Crippen molar-refractivity contribution in [2.24, 2.45) is 14.1 Å². The topological polar surface area (TPSA) is 9.86 Å². The lowest BCUT2D eigenvalue weighted by atomic mass is 10.2. The van der Waals surface area contributed by atoms with E-state index in [1.807, 2.05) is 0 Å². The second-order valence-corrected chi connectivity index (χ2v) is 3.40. The van der Waals surface area contributed by atoms with E-state index in [0.29, 0.717) is 0 Å². The van der Waals surface area contributed by atoms with Gasteiger partial charge in [-0.15, -0.1) is 0 Å². The summed E-state index contributed by atoms with van der Waals surface area (Å²) in [4.78, 5) is 0. The summed E-state index contributed by atoms with van der Waals surface area (Å²) in [7, 11) is 4.16. The van der Waals surface area contributed by atoms with Crippen LogP contribution in [0, 0.1) is 0 Å². The summed E-state index contributed by atoms with van der Waals surface area (Å²) in [5.41, 5.74) is 2.70. The van der Waals surface area contributed by atoms with Crippen LogP contribution in [0.3, 0.4) is 0 Å². The SMILES string of the molecule is Cn1cccc1Cc1cccn1C. The summed E-state index contributed by atoms with van der Waals surface area (Å²) >= 11 is 0. The summed E-state index contributed by atoms with van der Waals surface area (Å²) in [6.07, 6.45) is 5.17. The molecular formula is C11H14N2. The van der Waals surface area contributed by atoms with Gasteiger partial charge in [0.05, 0.1) is 0 Å². The maximum absolute atomic E-state index is 2.16. The highest BCUT2D eigenvalue weighted by Gasteiger charge is 2.01. The monoisotopic (exact) mass is 174 g/mol. The van der Waals surface area contributed by atoms with Crippen LogP contribution in [-0.2, 0) is 20.5 Å². The predicted molar refractivity (Wildman–Crippen MR) is 53.6 cm³/mol. The van der Waals surface area contributed by atoms with Crippen LogP contribution in [0.5, 0.6) is 0 Å². The van der Waals surface area contributed by atoms with Crippen LogP contribution < -0.4 is 0 Å². The van der Waals surface area contributed by atoms with Crippen LogP contribution >= 0.6 is 0 Å². The van der Waals surface area contributed by atoms with Crippen molar-refractivity contribution in [3.8, 4) is 0 Å². The van der Waals surface area contributed by atoms with Crippen molar-refractivity contribution in [1.82, 2.24) is 9.13 Å². The minimum atomic E-state index is 1.01. The molecule has 0 amide bonds. The Labute approximate surface area is 78.4 Å². The maximum Gasteiger partial charge on any atom is 0.0282 e. The van der Waals surface area contributed by atoms with Gasteiger partial charge in [-0.2, -0.15) is 0 Å².